The summed E-state index contributed by atoms with van der Waals surface area (Å²) in [4.78, 5) is 6.71. The standard InChI is InChI=1S/C13H23N3/c1-4-7-10-14-12-8-9-13(15-11-12)16(5-2)6-3/h8-9,11,14H,4-7,10H2,1-3H3. The first-order chi connectivity index (χ1) is 7.81. The molecule has 3 nitrogen and oxygen atoms in total. The van der Waals surface area contributed by atoms with Crippen molar-refractivity contribution in [1.82, 2.24) is 4.98 Å². The third-order valence-electron chi connectivity index (χ3n) is 2.69. The minimum atomic E-state index is 1.01. The lowest BCUT2D eigenvalue weighted by Gasteiger charge is -2.19. The molecule has 1 aromatic heterocycles. The predicted octanol–water partition coefficient (Wildman–Crippen LogP) is 3.14. The van der Waals surface area contributed by atoms with Crippen LogP contribution in [0.3, 0.4) is 0 Å². The van der Waals surface area contributed by atoms with Gasteiger partial charge in [0.1, 0.15) is 5.82 Å². The molecule has 1 aromatic rings. The number of unbranched alkanes of at least 4 members (excludes halogenated alkanes) is 1. The van der Waals surface area contributed by atoms with E-state index in [0.717, 1.165) is 31.1 Å². The topological polar surface area (TPSA) is 28.2 Å². The van der Waals surface area contributed by atoms with Gasteiger partial charge in [-0.3, -0.25) is 0 Å². The van der Waals surface area contributed by atoms with Gasteiger partial charge in [0.05, 0.1) is 11.9 Å². The summed E-state index contributed by atoms with van der Waals surface area (Å²) >= 11 is 0. The Morgan fingerprint density at radius 1 is 1.19 bits per heavy atom. The fraction of sp³-hybridized carbons (Fsp3) is 0.615. The lowest BCUT2D eigenvalue weighted by Crippen LogP contribution is -2.22. The van der Waals surface area contributed by atoms with Gasteiger partial charge in [0.2, 0.25) is 0 Å². The van der Waals surface area contributed by atoms with Crippen molar-refractivity contribution in [2.75, 3.05) is 29.9 Å². The molecule has 1 heterocycles. The van der Waals surface area contributed by atoms with Crippen molar-refractivity contribution >= 4 is 11.5 Å². The van der Waals surface area contributed by atoms with Crippen LogP contribution in [0.15, 0.2) is 18.3 Å². The lowest BCUT2D eigenvalue weighted by atomic mass is 10.3. The first-order valence-corrected chi connectivity index (χ1v) is 6.26. The summed E-state index contributed by atoms with van der Waals surface area (Å²) in [5.74, 6) is 1.06. The normalized spacial score (nSPS) is 10.2. The van der Waals surface area contributed by atoms with Crippen LogP contribution in [0.4, 0.5) is 11.5 Å². The van der Waals surface area contributed by atoms with Crippen LogP contribution in [0, 0.1) is 0 Å². The first kappa shape index (κ1) is 12.8. The van der Waals surface area contributed by atoms with E-state index < -0.39 is 0 Å². The van der Waals surface area contributed by atoms with Crippen molar-refractivity contribution in [3.8, 4) is 0 Å². The molecule has 1 N–H and O–H groups in total. The molecule has 16 heavy (non-hydrogen) atoms. The second kappa shape index (κ2) is 7.09. The maximum Gasteiger partial charge on any atom is 0.128 e. The van der Waals surface area contributed by atoms with E-state index in [1.165, 1.54) is 12.8 Å². The molecule has 1 rings (SSSR count). The van der Waals surface area contributed by atoms with Crippen molar-refractivity contribution in [2.45, 2.75) is 33.6 Å². The Morgan fingerprint density at radius 2 is 1.94 bits per heavy atom. The van der Waals surface area contributed by atoms with E-state index in [9.17, 15) is 0 Å². The van der Waals surface area contributed by atoms with Crippen LogP contribution in [0.1, 0.15) is 33.6 Å². The fourth-order valence-electron chi connectivity index (χ4n) is 1.63. The zero-order valence-corrected chi connectivity index (χ0v) is 10.7. The van der Waals surface area contributed by atoms with E-state index in [-0.39, 0.29) is 0 Å². The van der Waals surface area contributed by atoms with Crippen molar-refractivity contribution < 1.29 is 0 Å². The third kappa shape index (κ3) is 3.72. The summed E-state index contributed by atoms with van der Waals surface area (Å²) in [7, 11) is 0. The van der Waals surface area contributed by atoms with Gasteiger partial charge in [-0.05, 0) is 32.4 Å². The predicted molar refractivity (Wildman–Crippen MR) is 71.2 cm³/mol. The van der Waals surface area contributed by atoms with Gasteiger partial charge < -0.3 is 10.2 Å². The monoisotopic (exact) mass is 221 g/mol. The van der Waals surface area contributed by atoms with Crippen molar-refractivity contribution in [3.05, 3.63) is 18.3 Å². The zero-order valence-electron chi connectivity index (χ0n) is 10.7. The van der Waals surface area contributed by atoms with E-state index in [1.807, 2.05) is 6.20 Å². The molecule has 0 spiro atoms. The van der Waals surface area contributed by atoms with Crippen molar-refractivity contribution in [3.63, 3.8) is 0 Å². The molecule has 0 atom stereocenters. The van der Waals surface area contributed by atoms with Gasteiger partial charge in [0, 0.05) is 19.6 Å². The van der Waals surface area contributed by atoms with E-state index >= 15 is 0 Å². The highest BCUT2D eigenvalue weighted by molar-refractivity contribution is 5.48. The molecule has 0 amide bonds. The van der Waals surface area contributed by atoms with Gasteiger partial charge >= 0.3 is 0 Å². The Bertz CT molecular complexity index is 278. The highest BCUT2D eigenvalue weighted by Crippen LogP contribution is 2.13. The average Bonchev–Trinajstić information content (AvgIpc) is 2.33. The number of nitrogens with one attached hydrogen (secondary N) is 1. The number of rotatable bonds is 7. The minimum absolute atomic E-state index is 1.01. The lowest BCUT2D eigenvalue weighted by molar-refractivity contribution is 0.831. The third-order valence-corrected chi connectivity index (χ3v) is 2.69. The number of aromatic nitrogens is 1. The Kier molecular flexibility index (Phi) is 5.68. The summed E-state index contributed by atoms with van der Waals surface area (Å²) < 4.78 is 0. The van der Waals surface area contributed by atoms with Gasteiger partial charge in [0.15, 0.2) is 0 Å². The molecule has 0 aliphatic carbocycles. The molecule has 90 valence electrons. The van der Waals surface area contributed by atoms with E-state index in [2.05, 4.69) is 48.1 Å². The Balaban J connectivity index is 2.53. The second-order valence-corrected chi connectivity index (χ2v) is 3.86. The summed E-state index contributed by atoms with van der Waals surface area (Å²) in [6.07, 6.45) is 4.35. The smallest absolute Gasteiger partial charge is 0.128 e. The maximum absolute atomic E-state index is 4.46. The largest absolute Gasteiger partial charge is 0.384 e. The summed E-state index contributed by atoms with van der Waals surface area (Å²) in [5, 5.41) is 3.37. The SMILES string of the molecule is CCCCNc1ccc(N(CC)CC)nc1. The van der Waals surface area contributed by atoms with E-state index in [4.69, 9.17) is 0 Å². The van der Waals surface area contributed by atoms with Gasteiger partial charge in [-0.25, -0.2) is 4.98 Å². The molecule has 0 saturated heterocycles. The van der Waals surface area contributed by atoms with Crippen LogP contribution in [0.2, 0.25) is 0 Å². The molecular weight excluding hydrogens is 198 g/mol. The van der Waals surface area contributed by atoms with Crippen molar-refractivity contribution in [1.29, 1.82) is 0 Å². The van der Waals surface area contributed by atoms with Crippen LogP contribution < -0.4 is 10.2 Å². The minimum Gasteiger partial charge on any atom is -0.384 e. The van der Waals surface area contributed by atoms with Crippen LogP contribution in [-0.2, 0) is 0 Å². The summed E-state index contributed by atoms with van der Waals surface area (Å²) in [6, 6.07) is 4.19. The Morgan fingerprint density at radius 3 is 2.44 bits per heavy atom. The number of pyridine rings is 1. The first-order valence-electron chi connectivity index (χ1n) is 6.26. The van der Waals surface area contributed by atoms with Gasteiger partial charge in [-0.2, -0.15) is 0 Å². The van der Waals surface area contributed by atoms with Crippen LogP contribution in [-0.4, -0.2) is 24.6 Å². The average molecular weight is 221 g/mol. The molecule has 0 aliphatic heterocycles. The maximum atomic E-state index is 4.46. The quantitative estimate of drug-likeness (QED) is 0.717. The number of hydrogen-bond donors (Lipinski definition) is 1. The summed E-state index contributed by atoms with van der Waals surface area (Å²) in [6.45, 7) is 9.54. The molecule has 0 fully saturated rings. The zero-order chi connectivity index (χ0) is 11.8. The van der Waals surface area contributed by atoms with Crippen LogP contribution >= 0.6 is 0 Å². The molecule has 0 saturated carbocycles. The van der Waals surface area contributed by atoms with Gasteiger partial charge in [0.25, 0.3) is 0 Å². The van der Waals surface area contributed by atoms with Gasteiger partial charge in [-0.15, -0.1) is 0 Å². The Hall–Kier alpha value is -1.25. The van der Waals surface area contributed by atoms with Crippen molar-refractivity contribution in [2.24, 2.45) is 0 Å². The van der Waals surface area contributed by atoms with Crippen LogP contribution in [0.5, 0.6) is 0 Å². The fourth-order valence-corrected chi connectivity index (χ4v) is 1.63. The van der Waals surface area contributed by atoms with E-state index in [1.54, 1.807) is 0 Å². The number of hydrogen-bond acceptors (Lipinski definition) is 3. The second-order valence-electron chi connectivity index (χ2n) is 3.86. The van der Waals surface area contributed by atoms with E-state index in [0.29, 0.717) is 0 Å². The molecule has 0 aromatic carbocycles. The number of anilines is 2. The highest BCUT2D eigenvalue weighted by atomic mass is 15.2. The Labute approximate surface area is 98.9 Å². The highest BCUT2D eigenvalue weighted by Gasteiger charge is 2.02. The molecule has 0 bridgehead atoms. The molecule has 3 heteroatoms. The van der Waals surface area contributed by atoms with Gasteiger partial charge in [-0.1, -0.05) is 13.3 Å². The molecule has 0 unspecified atom stereocenters. The number of nitrogens with zero attached hydrogens (tertiary/aromatic N) is 2. The van der Waals surface area contributed by atoms with Crippen LogP contribution in [0.25, 0.3) is 0 Å². The molecule has 0 aliphatic rings. The molecule has 0 radical (unpaired) electrons. The summed E-state index contributed by atoms with van der Waals surface area (Å²) in [5.41, 5.74) is 1.12. The molecular formula is C13H23N3.